The van der Waals surface area contributed by atoms with Gasteiger partial charge in [-0.25, -0.2) is 4.98 Å². The van der Waals surface area contributed by atoms with Gasteiger partial charge in [-0.15, -0.1) is 11.3 Å². The maximum absolute atomic E-state index is 12.4. The number of ether oxygens (including phenoxy) is 1. The van der Waals surface area contributed by atoms with Crippen LogP contribution in [0.4, 0.5) is 0 Å². The SMILES string of the molecule is COCC1CCN(C(=O)c2sc(C)nc2C)CC1. The lowest BCUT2D eigenvalue weighted by molar-refractivity contribution is 0.0617. The Bertz CT molecular complexity index is 423. The quantitative estimate of drug-likeness (QED) is 0.844. The highest BCUT2D eigenvalue weighted by molar-refractivity contribution is 7.13. The first-order chi connectivity index (χ1) is 8.61. The first-order valence-electron chi connectivity index (χ1n) is 6.34. The lowest BCUT2D eigenvalue weighted by Crippen LogP contribution is -2.39. The topological polar surface area (TPSA) is 42.4 Å². The molecule has 1 aromatic rings. The minimum atomic E-state index is 0.147. The van der Waals surface area contributed by atoms with Crippen LogP contribution in [0, 0.1) is 19.8 Å². The zero-order chi connectivity index (χ0) is 13.1. The molecule has 1 amide bonds. The molecule has 0 saturated carbocycles. The Morgan fingerprint density at radius 2 is 2.11 bits per heavy atom. The van der Waals surface area contributed by atoms with Crippen molar-refractivity contribution in [3.05, 3.63) is 15.6 Å². The number of thiazole rings is 1. The van der Waals surface area contributed by atoms with E-state index in [1.165, 1.54) is 11.3 Å². The van der Waals surface area contributed by atoms with Crippen molar-refractivity contribution in [1.29, 1.82) is 0 Å². The van der Waals surface area contributed by atoms with Crippen LogP contribution in [0.2, 0.25) is 0 Å². The van der Waals surface area contributed by atoms with Gasteiger partial charge in [-0.3, -0.25) is 4.79 Å². The predicted molar refractivity (Wildman–Crippen MR) is 72.1 cm³/mol. The molecule has 0 N–H and O–H groups in total. The van der Waals surface area contributed by atoms with Crippen LogP contribution in [0.3, 0.4) is 0 Å². The van der Waals surface area contributed by atoms with E-state index >= 15 is 0 Å². The van der Waals surface area contributed by atoms with E-state index in [2.05, 4.69) is 4.98 Å². The second-order valence-electron chi connectivity index (χ2n) is 4.84. The number of carbonyl (C=O) groups excluding carboxylic acids is 1. The Balaban J connectivity index is 1.97. The fourth-order valence-electron chi connectivity index (χ4n) is 2.41. The largest absolute Gasteiger partial charge is 0.384 e. The van der Waals surface area contributed by atoms with E-state index in [-0.39, 0.29) is 5.91 Å². The molecular weight excluding hydrogens is 248 g/mol. The monoisotopic (exact) mass is 268 g/mol. The van der Waals surface area contributed by atoms with E-state index in [0.717, 1.165) is 48.1 Å². The average molecular weight is 268 g/mol. The van der Waals surface area contributed by atoms with Crippen LogP contribution in [0.25, 0.3) is 0 Å². The molecule has 100 valence electrons. The maximum Gasteiger partial charge on any atom is 0.265 e. The van der Waals surface area contributed by atoms with Gasteiger partial charge in [-0.2, -0.15) is 0 Å². The van der Waals surface area contributed by atoms with Gasteiger partial charge in [-0.1, -0.05) is 0 Å². The molecule has 0 aliphatic carbocycles. The molecule has 1 aliphatic heterocycles. The number of hydrogen-bond donors (Lipinski definition) is 0. The molecule has 2 heterocycles. The first kappa shape index (κ1) is 13.5. The smallest absolute Gasteiger partial charge is 0.265 e. The van der Waals surface area contributed by atoms with Crippen molar-refractivity contribution in [2.75, 3.05) is 26.8 Å². The van der Waals surface area contributed by atoms with Gasteiger partial charge < -0.3 is 9.64 Å². The Labute approximate surface area is 112 Å². The number of likely N-dealkylation sites (tertiary alicyclic amines) is 1. The van der Waals surface area contributed by atoms with Crippen molar-refractivity contribution >= 4 is 17.2 Å². The van der Waals surface area contributed by atoms with E-state index < -0.39 is 0 Å². The number of rotatable bonds is 3. The zero-order valence-electron chi connectivity index (χ0n) is 11.2. The predicted octanol–water partition coefficient (Wildman–Crippen LogP) is 2.26. The molecule has 18 heavy (non-hydrogen) atoms. The first-order valence-corrected chi connectivity index (χ1v) is 7.15. The summed E-state index contributed by atoms with van der Waals surface area (Å²) in [6, 6.07) is 0. The molecule has 0 bridgehead atoms. The van der Waals surface area contributed by atoms with Gasteiger partial charge >= 0.3 is 0 Å². The molecule has 0 unspecified atom stereocenters. The van der Waals surface area contributed by atoms with Crippen LogP contribution in [-0.4, -0.2) is 42.6 Å². The summed E-state index contributed by atoms with van der Waals surface area (Å²) in [7, 11) is 1.74. The summed E-state index contributed by atoms with van der Waals surface area (Å²) >= 11 is 1.50. The minimum absolute atomic E-state index is 0.147. The van der Waals surface area contributed by atoms with Gasteiger partial charge in [0.2, 0.25) is 0 Å². The van der Waals surface area contributed by atoms with Gasteiger partial charge in [0.25, 0.3) is 5.91 Å². The summed E-state index contributed by atoms with van der Waals surface area (Å²) in [6.07, 6.45) is 2.08. The maximum atomic E-state index is 12.4. The Morgan fingerprint density at radius 3 is 2.61 bits per heavy atom. The lowest BCUT2D eigenvalue weighted by atomic mass is 9.98. The van der Waals surface area contributed by atoms with E-state index in [1.807, 2.05) is 18.7 Å². The van der Waals surface area contributed by atoms with Crippen LogP contribution in [0.5, 0.6) is 0 Å². The minimum Gasteiger partial charge on any atom is -0.384 e. The fraction of sp³-hybridized carbons (Fsp3) is 0.692. The standard InChI is InChI=1S/C13H20N2O2S/c1-9-12(18-10(2)14-9)13(16)15-6-4-11(5-7-15)8-17-3/h11H,4-8H2,1-3H3. The van der Waals surface area contributed by atoms with E-state index in [0.29, 0.717) is 5.92 Å². The second kappa shape index (κ2) is 5.80. The molecule has 2 rings (SSSR count). The molecule has 4 nitrogen and oxygen atoms in total. The van der Waals surface area contributed by atoms with Gasteiger partial charge in [0, 0.05) is 26.8 Å². The number of methoxy groups -OCH3 is 1. The number of amides is 1. The van der Waals surface area contributed by atoms with Gasteiger partial charge in [0.15, 0.2) is 0 Å². The van der Waals surface area contributed by atoms with Crippen LogP contribution >= 0.6 is 11.3 Å². The highest BCUT2D eigenvalue weighted by Crippen LogP contribution is 2.23. The number of piperidine rings is 1. The Hall–Kier alpha value is -0.940. The third-order valence-electron chi connectivity index (χ3n) is 3.40. The number of nitrogens with zero attached hydrogens (tertiary/aromatic N) is 2. The molecule has 0 aromatic carbocycles. The Morgan fingerprint density at radius 1 is 1.44 bits per heavy atom. The normalized spacial score (nSPS) is 17.2. The zero-order valence-corrected chi connectivity index (χ0v) is 12.0. The molecule has 1 aliphatic rings. The summed E-state index contributed by atoms with van der Waals surface area (Å²) in [5, 5.41) is 0.963. The van der Waals surface area contributed by atoms with Gasteiger partial charge in [-0.05, 0) is 32.6 Å². The van der Waals surface area contributed by atoms with Crippen molar-refractivity contribution < 1.29 is 9.53 Å². The number of carbonyl (C=O) groups is 1. The Kier molecular flexibility index (Phi) is 4.35. The van der Waals surface area contributed by atoms with Gasteiger partial charge in [0.1, 0.15) is 4.88 Å². The molecule has 1 fully saturated rings. The van der Waals surface area contributed by atoms with Crippen molar-refractivity contribution in [2.45, 2.75) is 26.7 Å². The van der Waals surface area contributed by atoms with E-state index in [9.17, 15) is 4.79 Å². The summed E-state index contributed by atoms with van der Waals surface area (Å²) in [5.74, 6) is 0.748. The summed E-state index contributed by atoms with van der Waals surface area (Å²) in [5.41, 5.74) is 0.863. The van der Waals surface area contributed by atoms with E-state index in [4.69, 9.17) is 4.74 Å². The van der Waals surface area contributed by atoms with Crippen molar-refractivity contribution in [3.63, 3.8) is 0 Å². The molecule has 5 heteroatoms. The summed E-state index contributed by atoms with van der Waals surface area (Å²) in [4.78, 5) is 19.4. The van der Waals surface area contributed by atoms with Crippen molar-refractivity contribution in [2.24, 2.45) is 5.92 Å². The van der Waals surface area contributed by atoms with Crippen molar-refractivity contribution in [3.8, 4) is 0 Å². The highest BCUT2D eigenvalue weighted by Gasteiger charge is 2.25. The lowest BCUT2D eigenvalue weighted by Gasteiger charge is -2.31. The third kappa shape index (κ3) is 2.90. The highest BCUT2D eigenvalue weighted by atomic mass is 32.1. The number of aromatic nitrogens is 1. The number of hydrogen-bond acceptors (Lipinski definition) is 4. The molecule has 1 aromatic heterocycles. The molecule has 0 atom stereocenters. The summed E-state index contributed by atoms with van der Waals surface area (Å²) in [6.45, 7) is 6.33. The second-order valence-corrected chi connectivity index (χ2v) is 6.04. The fourth-order valence-corrected chi connectivity index (χ4v) is 3.30. The van der Waals surface area contributed by atoms with Gasteiger partial charge in [0.05, 0.1) is 10.7 Å². The van der Waals surface area contributed by atoms with Crippen LogP contribution in [0.1, 0.15) is 33.2 Å². The molecule has 0 spiro atoms. The molecule has 0 radical (unpaired) electrons. The average Bonchev–Trinajstić information content (AvgIpc) is 2.69. The van der Waals surface area contributed by atoms with Crippen molar-refractivity contribution in [1.82, 2.24) is 9.88 Å². The number of aryl methyl sites for hydroxylation is 2. The van der Waals surface area contributed by atoms with E-state index in [1.54, 1.807) is 7.11 Å². The van der Waals surface area contributed by atoms with Crippen LogP contribution in [0.15, 0.2) is 0 Å². The third-order valence-corrected chi connectivity index (χ3v) is 4.46. The molecular formula is C13H20N2O2S. The molecule has 1 saturated heterocycles. The van der Waals surface area contributed by atoms with Crippen LogP contribution < -0.4 is 0 Å². The summed E-state index contributed by atoms with van der Waals surface area (Å²) < 4.78 is 5.17. The van der Waals surface area contributed by atoms with Crippen LogP contribution in [-0.2, 0) is 4.74 Å².